The van der Waals surface area contributed by atoms with E-state index in [1.54, 1.807) is 36.4 Å². The molecule has 0 aliphatic rings. The molecular formula is C18H13ClF3N3O2. The normalized spacial score (nSPS) is 11.4. The van der Waals surface area contributed by atoms with Gasteiger partial charge in [-0.05, 0) is 36.4 Å². The largest absolute Gasteiger partial charge is 0.468 e. The Hall–Kier alpha value is -2.87. The summed E-state index contributed by atoms with van der Waals surface area (Å²) in [4.78, 5) is 20.3. The number of carbonyl (C=O) groups is 1. The first-order valence-corrected chi connectivity index (χ1v) is 8.17. The zero-order chi connectivity index (χ0) is 19.4. The standard InChI is InChI=1S/C18H13ClF3N3O2/c19-15-6-4-11-8-12(3-5-14(11)25-15)16(26)24-9-13-2-1-7-23-17(13)27-10-18(20,21)22/h1-8H,9-10H2,(H,24,26). The fourth-order valence-corrected chi connectivity index (χ4v) is 2.51. The lowest BCUT2D eigenvalue weighted by Crippen LogP contribution is -2.24. The van der Waals surface area contributed by atoms with Crippen LogP contribution in [0.5, 0.6) is 5.88 Å². The molecule has 140 valence electrons. The average molecular weight is 396 g/mol. The Morgan fingerprint density at radius 2 is 2.00 bits per heavy atom. The zero-order valence-corrected chi connectivity index (χ0v) is 14.5. The predicted octanol–water partition coefficient (Wildman–Crippen LogP) is 4.15. The topological polar surface area (TPSA) is 64.1 Å². The maximum atomic E-state index is 12.4. The van der Waals surface area contributed by atoms with Gasteiger partial charge in [0.15, 0.2) is 6.61 Å². The summed E-state index contributed by atoms with van der Waals surface area (Å²) < 4.78 is 41.7. The van der Waals surface area contributed by atoms with E-state index in [1.807, 2.05) is 0 Å². The molecule has 1 N–H and O–H groups in total. The summed E-state index contributed by atoms with van der Waals surface area (Å²) in [7, 11) is 0. The van der Waals surface area contributed by atoms with E-state index in [0.717, 1.165) is 5.39 Å². The van der Waals surface area contributed by atoms with Crippen LogP contribution in [0.1, 0.15) is 15.9 Å². The first kappa shape index (κ1) is 18.9. The second-order valence-corrected chi connectivity index (χ2v) is 5.98. The minimum absolute atomic E-state index is 0.0310. The first-order chi connectivity index (χ1) is 12.8. The van der Waals surface area contributed by atoms with E-state index in [2.05, 4.69) is 15.3 Å². The number of nitrogens with one attached hydrogen (secondary N) is 1. The van der Waals surface area contributed by atoms with Crippen molar-refractivity contribution in [2.24, 2.45) is 0 Å². The van der Waals surface area contributed by atoms with Crippen molar-refractivity contribution in [3.8, 4) is 5.88 Å². The highest BCUT2D eigenvalue weighted by molar-refractivity contribution is 6.29. The highest BCUT2D eigenvalue weighted by Crippen LogP contribution is 2.20. The molecule has 0 aliphatic carbocycles. The van der Waals surface area contributed by atoms with Crippen molar-refractivity contribution in [1.82, 2.24) is 15.3 Å². The van der Waals surface area contributed by atoms with Crippen molar-refractivity contribution >= 4 is 28.4 Å². The van der Waals surface area contributed by atoms with Gasteiger partial charge in [-0.1, -0.05) is 17.7 Å². The third kappa shape index (κ3) is 5.07. The Labute approximate surface area is 157 Å². The van der Waals surface area contributed by atoms with Crippen LogP contribution in [0.15, 0.2) is 48.7 Å². The van der Waals surface area contributed by atoms with Gasteiger partial charge < -0.3 is 10.1 Å². The number of hydrogen-bond acceptors (Lipinski definition) is 4. The molecule has 2 heterocycles. The van der Waals surface area contributed by atoms with Gasteiger partial charge in [-0.3, -0.25) is 4.79 Å². The van der Waals surface area contributed by atoms with Crippen LogP contribution < -0.4 is 10.1 Å². The van der Waals surface area contributed by atoms with Gasteiger partial charge in [0.1, 0.15) is 5.15 Å². The van der Waals surface area contributed by atoms with Gasteiger partial charge in [-0.15, -0.1) is 0 Å². The van der Waals surface area contributed by atoms with Crippen LogP contribution in [0, 0.1) is 0 Å². The highest BCUT2D eigenvalue weighted by Gasteiger charge is 2.29. The lowest BCUT2D eigenvalue weighted by Gasteiger charge is -2.12. The van der Waals surface area contributed by atoms with E-state index in [-0.39, 0.29) is 12.4 Å². The molecule has 0 atom stereocenters. The Bertz CT molecular complexity index is 979. The van der Waals surface area contributed by atoms with Crippen LogP contribution in [-0.2, 0) is 6.54 Å². The quantitative estimate of drug-likeness (QED) is 0.659. The van der Waals surface area contributed by atoms with Crippen LogP contribution in [-0.4, -0.2) is 28.7 Å². The van der Waals surface area contributed by atoms with Crippen LogP contribution in [0.3, 0.4) is 0 Å². The number of nitrogens with zero attached hydrogens (tertiary/aromatic N) is 2. The van der Waals surface area contributed by atoms with Crippen molar-refractivity contribution in [3.63, 3.8) is 0 Å². The van der Waals surface area contributed by atoms with E-state index in [9.17, 15) is 18.0 Å². The summed E-state index contributed by atoms with van der Waals surface area (Å²) in [6.07, 6.45) is -3.15. The smallest absolute Gasteiger partial charge is 0.422 e. The molecule has 0 aliphatic heterocycles. The number of aromatic nitrogens is 2. The summed E-state index contributed by atoms with van der Waals surface area (Å²) in [5.74, 6) is -0.565. The van der Waals surface area contributed by atoms with Gasteiger partial charge in [0, 0.05) is 29.3 Å². The number of benzene rings is 1. The molecule has 0 unspecified atom stereocenters. The van der Waals surface area contributed by atoms with E-state index in [0.29, 0.717) is 21.8 Å². The van der Waals surface area contributed by atoms with E-state index < -0.39 is 18.7 Å². The molecule has 1 aromatic carbocycles. The monoisotopic (exact) mass is 395 g/mol. The van der Waals surface area contributed by atoms with Crippen molar-refractivity contribution in [2.45, 2.75) is 12.7 Å². The number of halogens is 4. The van der Waals surface area contributed by atoms with Crippen LogP contribution in [0.2, 0.25) is 5.15 Å². The summed E-state index contributed by atoms with van der Waals surface area (Å²) in [6, 6.07) is 11.3. The van der Waals surface area contributed by atoms with E-state index >= 15 is 0 Å². The van der Waals surface area contributed by atoms with Crippen molar-refractivity contribution in [1.29, 1.82) is 0 Å². The number of hydrogen-bond donors (Lipinski definition) is 1. The molecule has 0 bridgehead atoms. The number of pyridine rings is 2. The van der Waals surface area contributed by atoms with Crippen molar-refractivity contribution in [2.75, 3.05) is 6.61 Å². The molecule has 0 saturated heterocycles. The number of carbonyl (C=O) groups excluding carboxylic acids is 1. The predicted molar refractivity (Wildman–Crippen MR) is 93.7 cm³/mol. The Morgan fingerprint density at radius 1 is 1.19 bits per heavy atom. The number of alkyl halides is 3. The fourth-order valence-electron chi connectivity index (χ4n) is 2.36. The Morgan fingerprint density at radius 3 is 2.78 bits per heavy atom. The van der Waals surface area contributed by atoms with Gasteiger partial charge in [-0.25, -0.2) is 9.97 Å². The summed E-state index contributed by atoms with van der Waals surface area (Å²) in [5.41, 5.74) is 1.37. The van der Waals surface area contributed by atoms with Gasteiger partial charge in [0.25, 0.3) is 5.91 Å². The summed E-state index contributed by atoms with van der Waals surface area (Å²) in [5, 5.41) is 3.73. The average Bonchev–Trinajstić information content (AvgIpc) is 2.64. The number of rotatable bonds is 5. The van der Waals surface area contributed by atoms with Gasteiger partial charge >= 0.3 is 6.18 Å². The minimum Gasteiger partial charge on any atom is -0.468 e. The van der Waals surface area contributed by atoms with Gasteiger partial charge in [0.05, 0.1) is 5.52 Å². The van der Waals surface area contributed by atoms with Crippen LogP contribution in [0.25, 0.3) is 10.9 Å². The number of amides is 1. The molecule has 9 heteroatoms. The third-order valence-corrected chi connectivity index (χ3v) is 3.79. The fraction of sp³-hybridized carbons (Fsp3) is 0.167. The number of fused-ring (bicyclic) bond motifs is 1. The van der Waals surface area contributed by atoms with E-state index in [1.165, 1.54) is 12.3 Å². The first-order valence-electron chi connectivity index (χ1n) is 7.80. The van der Waals surface area contributed by atoms with Gasteiger partial charge in [0.2, 0.25) is 5.88 Å². The second-order valence-electron chi connectivity index (χ2n) is 5.60. The molecule has 0 spiro atoms. The second kappa shape index (κ2) is 7.79. The molecular weight excluding hydrogens is 383 g/mol. The maximum absolute atomic E-state index is 12.4. The molecule has 2 aromatic heterocycles. The molecule has 1 amide bonds. The molecule has 3 rings (SSSR count). The molecule has 27 heavy (non-hydrogen) atoms. The summed E-state index contributed by atoms with van der Waals surface area (Å²) in [6.45, 7) is -1.48. The SMILES string of the molecule is O=C(NCc1cccnc1OCC(F)(F)F)c1ccc2nc(Cl)ccc2c1. The molecule has 0 radical (unpaired) electrons. The van der Waals surface area contributed by atoms with Crippen LogP contribution >= 0.6 is 11.6 Å². The Kier molecular flexibility index (Phi) is 5.46. The van der Waals surface area contributed by atoms with Crippen molar-refractivity contribution in [3.05, 3.63) is 64.9 Å². The minimum atomic E-state index is -4.47. The van der Waals surface area contributed by atoms with E-state index in [4.69, 9.17) is 16.3 Å². The third-order valence-electron chi connectivity index (χ3n) is 3.58. The molecule has 0 saturated carbocycles. The maximum Gasteiger partial charge on any atom is 0.422 e. The van der Waals surface area contributed by atoms with Crippen molar-refractivity contribution < 1.29 is 22.7 Å². The molecule has 3 aromatic rings. The van der Waals surface area contributed by atoms with Gasteiger partial charge in [-0.2, -0.15) is 13.2 Å². The molecule has 0 fully saturated rings. The lowest BCUT2D eigenvalue weighted by molar-refractivity contribution is -0.154. The van der Waals surface area contributed by atoms with Crippen LogP contribution in [0.4, 0.5) is 13.2 Å². The molecule has 5 nitrogen and oxygen atoms in total. The highest BCUT2D eigenvalue weighted by atomic mass is 35.5. The summed E-state index contributed by atoms with van der Waals surface area (Å²) >= 11 is 5.83. The number of ether oxygens (including phenoxy) is 1. The zero-order valence-electron chi connectivity index (χ0n) is 13.8. The Balaban J connectivity index is 1.70. The lowest BCUT2D eigenvalue weighted by atomic mass is 10.1.